The zero-order valence-corrected chi connectivity index (χ0v) is 12.6. The second-order valence-electron chi connectivity index (χ2n) is 5.24. The van der Waals surface area contributed by atoms with Crippen LogP contribution in [0.15, 0.2) is 30.3 Å². The highest BCUT2D eigenvalue weighted by atomic mass is 35.5. The molecule has 3 rings (SSSR count). The maximum absolute atomic E-state index is 12.6. The molecule has 0 radical (unpaired) electrons. The summed E-state index contributed by atoms with van der Waals surface area (Å²) in [4.78, 5) is 23.0. The normalized spacial score (nSPS) is 14.8. The minimum Gasteiger partial charge on any atom is -0.331 e. The van der Waals surface area contributed by atoms with E-state index in [2.05, 4.69) is 9.97 Å². The summed E-state index contributed by atoms with van der Waals surface area (Å²) in [5, 5.41) is 0.417. The number of aromatic nitrogens is 2. The van der Waals surface area contributed by atoms with Crippen molar-refractivity contribution < 1.29 is 4.79 Å². The largest absolute Gasteiger partial charge is 0.331 e. The standard InChI is InChI=1S/C16H16ClN3O/c1-11-9-14(17)19-15(18-11)10-20-8-4-6-12-5-2-3-7-13(12)16(20)21/h2-3,5,7,9H,4,6,8,10H2,1H3. The van der Waals surface area contributed by atoms with Gasteiger partial charge in [0.2, 0.25) is 0 Å². The SMILES string of the molecule is Cc1cc(Cl)nc(CN2CCCc3ccccc3C2=O)n1. The molecule has 0 fully saturated rings. The Labute approximate surface area is 128 Å². The summed E-state index contributed by atoms with van der Waals surface area (Å²) in [5.41, 5.74) is 2.72. The van der Waals surface area contributed by atoms with Gasteiger partial charge in [-0.2, -0.15) is 0 Å². The zero-order valence-electron chi connectivity index (χ0n) is 11.8. The molecule has 1 aromatic heterocycles. The van der Waals surface area contributed by atoms with Crippen molar-refractivity contribution in [2.75, 3.05) is 6.54 Å². The molecule has 0 saturated carbocycles. The van der Waals surface area contributed by atoms with Gasteiger partial charge in [0.1, 0.15) is 11.0 Å². The van der Waals surface area contributed by atoms with Crippen LogP contribution in [0.5, 0.6) is 0 Å². The molecule has 1 aliphatic rings. The molecule has 21 heavy (non-hydrogen) atoms. The van der Waals surface area contributed by atoms with Crippen LogP contribution in [0.2, 0.25) is 5.15 Å². The summed E-state index contributed by atoms with van der Waals surface area (Å²) in [5.74, 6) is 0.636. The first-order chi connectivity index (χ1) is 10.1. The minimum atomic E-state index is 0.0457. The van der Waals surface area contributed by atoms with Crippen molar-refractivity contribution in [3.05, 3.63) is 58.1 Å². The van der Waals surface area contributed by atoms with Gasteiger partial charge in [-0.05, 0) is 37.5 Å². The predicted octanol–water partition coefficient (Wildman–Crippen LogP) is 3.03. The van der Waals surface area contributed by atoms with Gasteiger partial charge in [-0.3, -0.25) is 4.79 Å². The van der Waals surface area contributed by atoms with E-state index >= 15 is 0 Å². The number of hydrogen-bond donors (Lipinski definition) is 0. The molecule has 2 aromatic rings. The number of rotatable bonds is 2. The Bertz CT molecular complexity index is 667. The summed E-state index contributed by atoms with van der Waals surface area (Å²) < 4.78 is 0. The first kappa shape index (κ1) is 14.0. The lowest BCUT2D eigenvalue weighted by Crippen LogP contribution is -2.31. The third-order valence-electron chi connectivity index (χ3n) is 3.61. The summed E-state index contributed by atoms with van der Waals surface area (Å²) in [7, 11) is 0. The topological polar surface area (TPSA) is 46.1 Å². The van der Waals surface area contributed by atoms with E-state index in [4.69, 9.17) is 11.6 Å². The van der Waals surface area contributed by atoms with E-state index in [-0.39, 0.29) is 5.91 Å². The highest BCUT2D eigenvalue weighted by Crippen LogP contribution is 2.20. The average Bonchev–Trinajstić information content (AvgIpc) is 2.59. The molecule has 0 spiro atoms. The van der Waals surface area contributed by atoms with Gasteiger partial charge in [0.25, 0.3) is 5.91 Å². The summed E-state index contributed by atoms with van der Waals surface area (Å²) in [6.07, 6.45) is 1.87. The summed E-state index contributed by atoms with van der Waals surface area (Å²) >= 11 is 5.96. The van der Waals surface area contributed by atoms with Gasteiger partial charge in [-0.15, -0.1) is 0 Å². The molecule has 2 heterocycles. The Balaban J connectivity index is 1.87. The predicted molar refractivity (Wildman–Crippen MR) is 81.3 cm³/mol. The smallest absolute Gasteiger partial charge is 0.254 e. The fourth-order valence-corrected chi connectivity index (χ4v) is 2.92. The fraction of sp³-hybridized carbons (Fsp3) is 0.312. The zero-order chi connectivity index (χ0) is 14.8. The van der Waals surface area contributed by atoms with Crippen LogP contribution in [-0.4, -0.2) is 27.3 Å². The van der Waals surface area contributed by atoms with Crippen molar-refractivity contribution in [1.82, 2.24) is 14.9 Å². The van der Waals surface area contributed by atoms with Gasteiger partial charge in [0, 0.05) is 17.8 Å². The van der Waals surface area contributed by atoms with Gasteiger partial charge >= 0.3 is 0 Å². The lowest BCUT2D eigenvalue weighted by molar-refractivity contribution is 0.0744. The van der Waals surface area contributed by atoms with Crippen LogP contribution < -0.4 is 0 Å². The van der Waals surface area contributed by atoms with Crippen molar-refractivity contribution in [1.29, 1.82) is 0 Å². The molecule has 0 N–H and O–H groups in total. The van der Waals surface area contributed by atoms with Crippen LogP contribution in [0.3, 0.4) is 0 Å². The highest BCUT2D eigenvalue weighted by molar-refractivity contribution is 6.29. The molecule has 5 heteroatoms. The summed E-state index contributed by atoms with van der Waals surface area (Å²) in [6.45, 7) is 2.98. The average molecular weight is 302 g/mol. The lowest BCUT2D eigenvalue weighted by Gasteiger charge is -2.20. The number of carbonyl (C=O) groups is 1. The van der Waals surface area contributed by atoms with E-state index in [0.29, 0.717) is 24.1 Å². The molecular formula is C16H16ClN3O. The number of amides is 1. The molecule has 4 nitrogen and oxygen atoms in total. The Morgan fingerprint density at radius 2 is 2.10 bits per heavy atom. The quantitative estimate of drug-likeness (QED) is 0.801. The first-order valence-corrected chi connectivity index (χ1v) is 7.38. The molecule has 108 valence electrons. The molecule has 1 aromatic carbocycles. The van der Waals surface area contributed by atoms with Gasteiger partial charge in [0.05, 0.1) is 6.54 Å². The molecule has 0 bridgehead atoms. The van der Waals surface area contributed by atoms with E-state index in [1.54, 1.807) is 11.0 Å². The van der Waals surface area contributed by atoms with Crippen LogP contribution in [0.1, 0.15) is 33.9 Å². The van der Waals surface area contributed by atoms with Crippen LogP contribution in [0.25, 0.3) is 0 Å². The van der Waals surface area contributed by atoms with Crippen molar-refractivity contribution in [3.63, 3.8) is 0 Å². The molecule has 0 unspecified atom stereocenters. The van der Waals surface area contributed by atoms with Crippen molar-refractivity contribution in [2.24, 2.45) is 0 Å². The van der Waals surface area contributed by atoms with Gasteiger partial charge in [0.15, 0.2) is 0 Å². The van der Waals surface area contributed by atoms with Crippen LogP contribution in [-0.2, 0) is 13.0 Å². The fourth-order valence-electron chi connectivity index (χ4n) is 2.66. The number of hydrogen-bond acceptors (Lipinski definition) is 3. The molecular weight excluding hydrogens is 286 g/mol. The maximum atomic E-state index is 12.6. The maximum Gasteiger partial charge on any atom is 0.254 e. The highest BCUT2D eigenvalue weighted by Gasteiger charge is 2.22. The minimum absolute atomic E-state index is 0.0457. The van der Waals surface area contributed by atoms with Crippen molar-refractivity contribution in [3.8, 4) is 0 Å². The molecule has 0 aliphatic carbocycles. The third-order valence-corrected chi connectivity index (χ3v) is 3.80. The number of halogens is 1. The van der Waals surface area contributed by atoms with E-state index < -0.39 is 0 Å². The van der Waals surface area contributed by atoms with E-state index in [1.165, 1.54) is 0 Å². The number of nitrogens with zero attached hydrogens (tertiary/aromatic N) is 3. The van der Waals surface area contributed by atoms with Gasteiger partial charge < -0.3 is 4.90 Å². The monoisotopic (exact) mass is 301 g/mol. The lowest BCUT2D eigenvalue weighted by atomic mass is 10.0. The molecule has 1 aliphatic heterocycles. The van der Waals surface area contributed by atoms with E-state index in [1.807, 2.05) is 31.2 Å². The number of aryl methyl sites for hydroxylation is 2. The van der Waals surface area contributed by atoms with E-state index in [9.17, 15) is 4.79 Å². The summed E-state index contributed by atoms with van der Waals surface area (Å²) in [6, 6.07) is 9.51. The first-order valence-electron chi connectivity index (χ1n) is 7.01. The number of benzene rings is 1. The second kappa shape index (κ2) is 5.82. The molecule has 0 saturated heterocycles. The van der Waals surface area contributed by atoms with E-state index in [0.717, 1.165) is 29.7 Å². The van der Waals surface area contributed by atoms with Crippen LogP contribution in [0.4, 0.5) is 0 Å². The van der Waals surface area contributed by atoms with Crippen LogP contribution in [0, 0.1) is 6.92 Å². The Kier molecular flexibility index (Phi) is 3.88. The van der Waals surface area contributed by atoms with Crippen molar-refractivity contribution >= 4 is 17.5 Å². The molecule has 1 amide bonds. The van der Waals surface area contributed by atoms with Crippen LogP contribution >= 0.6 is 11.6 Å². The van der Waals surface area contributed by atoms with Crippen molar-refractivity contribution in [2.45, 2.75) is 26.3 Å². The number of fused-ring (bicyclic) bond motifs is 1. The Hall–Kier alpha value is -1.94. The van der Waals surface area contributed by atoms with Gasteiger partial charge in [-0.1, -0.05) is 29.8 Å². The molecule has 0 atom stereocenters. The van der Waals surface area contributed by atoms with Gasteiger partial charge in [-0.25, -0.2) is 9.97 Å². The second-order valence-corrected chi connectivity index (χ2v) is 5.62. The number of carbonyl (C=O) groups excluding carboxylic acids is 1. The third kappa shape index (κ3) is 3.05. The Morgan fingerprint density at radius 3 is 2.90 bits per heavy atom. The Morgan fingerprint density at radius 1 is 1.29 bits per heavy atom.